The first-order chi connectivity index (χ1) is 10.1. The molecule has 0 aliphatic carbocycles. The second kappa shape index (κ2) is 5.46. The van der Waals surface area contributed by atoms with Gasteiger partial charge in [0.1, 0.15) is 5.75 Å². The number of aldehydes is 1. The minimum atomic E-state index is -0.0473. The van der Waals surface area contributed by atoms with E-state index in [1.807, 2.05) is 11.9 Å². The molecule has 1 aliphatic rings. The fraction of sp³-hybridized carbons (Fsp3) is 0.333. The van der Waals surface area contributed by atoms with Gasteiger partial charge in [-0.25, -0.2) is 0 Å². The van der Waals surface area contributed by atoms with Gasteiger partial charge in [0.05, 0.1) is 10.4 Å². The van der Waals surface area contributed by atoms with Crippen molar-refractivity contribution in [2.75, 3.05) is 33.2 Å². The van der Waals surface area contributed by atoms with Gasteiger partial charge in [-0.05, 0) is 25.2 Å². The van der Waals surface area contributed by atoms with Gasteiger partial charge in [0.25, 0.3) is 5.91 Å². The van der Waals surface area contributed by atoms with Crippen molar-refractivity contribution in [2.24, 2.45) is 0 Å². The van der Waals surface area contributed by atoms with E-state index in [4.69, 9.17) is 0 Å². The molecule has 3 rings (SSSR count). The molecular weight excluding hydrogens is 288 g/mol. The quantitative estimate of drug-likeness (QED) is 0.860. The molecule has 0 bridgehead atoms. The summed E-state index contributed by atoms with van der Waals surface area (Å²) in [7, 11) is 2.04. The van der Waals surface area contributed by atoms with E-state index in [-0.39, 0.29) is 17.2 Å². The number of carbonyl (C=O) groups excluding carboxylic acids is 2. The Labute approximate surface area is 126 Å². The molecule has 6 heteroatoms. The predicted molar refractivity (Wildman–Crippen MR) is 82.3 cm³/mol. The van der Waals surface area contributed by atoms with Crippen LogP contribution < -0.4 is 0 Å². The molecule has 1 aromatic heterocycles. The first-order valence-corrected chi connectivity index (χ1v) is 7.60. The maximum Gasteiger partial charge on any atom is 0.264 e. The Morgan fingerprint density at radius 1 is 1.29 bits per heavy atom. The van der Waals surface area contributed by atoms with Crippen LogP contribution in [0.5, 0.6) is 5.75 Å². The van der Waals surface area contributed by atoms with Crippen LogP contribution in [0.25, 0.3) is 10.1 Å². The Kier molecular flexibility index (Phi) is 3.65. The van der Waals surface area contributed by atoms with Crippen molar-refractivity contribution in [1.82, 2.24) is 9.80 Å². The van der Waals surface area contributed by atoms with E-state index in [0.29, 0.717) is 16.5 Å². The standard InChI is InChI=1S/C15H16N2O3S/c1-16-4-6-17(7-5-16)15(20)14-8-10-11(9-18)12(19)2-3-13(10)21-14/h2-3,8-9,19H,4-7H2,1H3. The van der Waals surface area contributed by atoms with Crippen LogP contribution in [0.2, 0.25) is 0 Å². The monoisotopic (exact) mass is 304 g/mol. The second-order valence-electron chi connectivity index (χ2n) is 5.23. The number of thiophene rings is 1. The number of hydrogen-bond donors (Lipinski definition) is 1. The Bertz CT molecular complexity index is 702. The molecular formula is C15H16N2O3S. The van der Waals surface area contributed by atoms with Gasteiger partial charge < -0.3 is 14.9 Å². The Hall–Kier alpha value is -1.92. The number of aromatic hydroxyl groups is 1. The lowest BCUT2D eigenvalue weighted by Gasteiger charge is -2.32. The third kappa shape index (κ3) is 2.52. The van der Waals surface area contributed by atoms with Crippen LogP contribution in [0, 0.1) is 0 Å². The van der Waals surface area contributed by atoms with Gasteiger partial charge >= 0.3 is 0 Å². The van der Waals surface area contributed by atoms with Gasteiger partial charge in [0.15, 0.2) is 6.29 Å². The Balaban J connectivity index is 1.94. The van der Waals surface area contributed by atoms with E-state index in [1.165, 1.54) is 17.4 Å². The second-order valence-corrected chi connectivity index (χ2v) is 6.32. The van der Waals surface area contributed by atoms with Crippen molar-refractivity contribution >= 4 is 33.6 Å². The van der Waals surface area contributed by atoms with Gasteiger partial charge in [-0.1, -0.05) is 0 Å². The summed E-state index contributed by atoms with van der Waals surface area (Å²) in [6.07, 6.45) is 0.633. The Morgan fingerprint density at radius 2 is 2.00 bits per heavy atom. The molecule has 21 heavy (non-hydrogen) atoms. The summed E-state index contributed by atoms with van der Waals surface area (Å²) in [5.74, 6) is -0.0467. The molecule has 1 fully saturated rings. The number of piperazine rings is 1. The average molecular weight is 304 g/mol. The highest BCUT2D eigenvalue weighted by Crippen LogP contribution is 2.33. The minimum Gasteiger partial charge on any atom is -0.507 e. The van der Waals surface area contributed by atoms with E-state index in [1.54, 1.807) is 12.1 Å². The summed E-state index contributed by atoms with van der Waals surface area (Å²) >= 11 is 1.36. The smallest absolute Gasteiger partial charge is 0.264 e. The molecule has 0 spiro atoms. The topological polar surface area (TPSA) is 60.9 Å². The molecule has 1 N–H and O–H groups in total. The van der Waals surface area contributed by atoms with E-state index in [2.05, 4.69) is 4.90 Å². The summed E-state index contributed by atoms with van der Waals surface area (Å²) in [6, 6.07) is 4.94. The van der Waals surface area contributed by atoms with Crippen LogP contribution in [-0.2, 0) is 0 Å². The van der Waals surface area contributed by atoms with Crippen LogP contribution in [0.1, 0.15) is 20.0 Å². The van der Waals surface area contributed by atoms with Crippen LogP contribution in [-0.4, -0.2) is 60.3 Å². The molecule has 0 unspecified atom stereocenters. The number of fused-ring (bicyclic) bond motifs is 1. The minimum absolute atomic E-state index is 0.000591. The van der Waals surface area contributed by atoms with Crippen molar-refractivity contribution in [3.05, 3.63) is 28.6 Å². The summed E-state index contributed by atoms with van der Waals surface area (Å²) < 4.78 is 0.840. The van der Waals surface area contributed by atoms with Gasteiger partial charge in [-0.3, -0.25) is 9.59 Å². The maximum absolute atomic E-state index is 12.5. The first-order valence-electron chi connectivity index (χ1n) is 6.78. The summed E-state index contributed by atoms with van der Waals surface area (Å²) in [4.78, 5) is 28.3. The molecule has 110 valence electrons. The number of likely N-dealkylation sites (N-methyl/N-ethyl adjacent to an activating group) is 1. The number of phenolic OH excluding ortho intramolecular Hbond substituents is 1. The Morgan fingerprint density at radius 3 is 2.67 bits per heavy atom. The van der Waals surface area contributed by atoms with Gasteiger partial charge in [0.2, 0.25) is 0 Å². The number of amides is 1. The lowest BCUT2D eigenvalue weighted by atomic mass is 10.1. The average Bonchev–Trinajstić information content (AvgIpc) is 2.91. The van der Waals surface area contributed by atoms with Crippen LogP contribution in [0.15, 0.2) is 18.2 Å². The van der Waals surface area contributed by atoms with Gasteiger partial charge in [-0.15, -0.1) is 11.3 Å². The number of benzene rings is 1. The van der Waals surface area contributed by atoms with Crippen molar-refractivity contribution < 1.29 is 14.7 Å². The van der Waals surface area contributed by atoms with E-state index >= 15 is 0 Å². The highest BCUT2D eigenvalue weighted by Gasteiger charge is 2.22. The van der Waals surface area contributed by atoms with E-state index < -0.39 is 0 Å². The molecule has 5 nitrogen and oxygen atoms in total. The fourth-order valence-corrected chi connectivity index (χ4v) is 3.56. The zero-order valence-electron chi connectivity index (χ0n) is 11.7. The van der Waals surface area contributed by atoms with Gasteiger partial charge in [-0.2, -0.15) is 0 Å². The van der Waals surface area contributed by atoms with Crippen molar-refractivity contribution in [1.29, 1.82) is 0 Å². The first kappa shape index (κ1) is 14.0. The third-order valence-corrected chi connectivity index (χ3v) is 4.93. The molecule has 1 amide bonds. The maximum atomic E-state index is 12.5. The normalized spacial score (nSPS) is 16.3. The summed E-state index contributed by atoms with van der Waals surface area (Å²) in [6.45, 7) is 3.18. The fourth-order valence-electron chi connectivity index (χ4n) is 2.52. The molecule has 1 saturated heterocycles. The summed E-state index contributed by atoms with van der Waals surface area (Å²) in [5.41, 5.74) is 0.251. The van der Waals surface area contributed by atoms with Crippen molar-refractivity contribution in [3.8, 4) is 5.75 Å². The van der Waals surface area contributed by atoms with Crippen molar-refractivity contribution in [3.63, 3.8) is 0 Å². The molecule has 0 radical (unpaired) electrons. The molecule has 1 aromatic carbocycles. The number of carbonyl (C=O) groups is 2. The van der Waals surface area contributed by atoms with Gasteiger partial charge in [0, 0.05) is 36.3 Å². The number of rotatable bonds is 2. The van der Waals surface area contributed by atoms with Crippen LogP contribution in [0.3, 0.4) is 0 Å². The van der Waals surface area contributed by atoms with Crippen LogP contribution >= 0.6 is 11.3 Å². The van der Waals surface area contributed by atoms with E-state index in [0.717, 1.165) is 30.9 Å². The lowest BCUT2D eigenvalue weighted by molar-refractivity contribution is 0.0669. The predicted octanol–water partition coefficient (Wildman–Crippen LogP) is 1.81. The molecule has 0 atom stereocenters. The zero-order valence-corrected chi connectivity index (χ0v) is 12.5. The number of phenols is 1. The van der Waals surface area contributed by atoms with Crippen LogP contribution in [0.4, 0.5) is 0 Å². The van der Waals surface area contributed by atoms with Crippen molar-refractivity contribution in [2.45, 2.75) is 0 Å². The highest BCUT2D eigenvalue weighted by molar-refractivity contribution is 7.20. The molecule has 2 heterocycles. The lowest BCUT2D eigenvalue weighted by Crippen LogP contribution is -2.46. The highest BCUT2D eigenvalue weighted by atomic mass is 32.1. The molecule has 0 saturated carbocycles. The molecule has 1 aliphatic heterocycles. The summed E-state index contributed by atoms with van der Waals surface area (Å²) in [5, 5.41) is 10.4. The SMILES string of the molecule is CN1CCN(C(=O)c2cc3c(C=O)c(O)ccc3s2)CC1. The zero-order chi connectivity index (χ0) is 15.0. The number of nitrogens with zero attached hydrogens (tertiary/aromatic N) is 2. The largest absolute Gasteiger partial charge is 0.507 e. The molecule has 2 aromatic rings. The third-order valence-electron chi connectivity index (χ3n) is 3.84. The van der Waals surface area contributed by atoms with E-state index in [9.17, 15) is 14.7 Å². The number of hydrogen-bond acceptors (Lipinski definition) is 5.